The summed E-state index contributed by atoms with van der Waals surface area (Å²) in [5.74, 6) is 1.05. The summed E-state index contributed by atoms with van der Waals surface area (Å²) < 4.78 is 5.93. The molecular weight excluding hydrogens is 212 g/mol. The summed E-state index contributed by atoms with van der Waals surface area (Å²) in [6.07, 6.45) is 2.35. The summed E-state index contributed by atoms with van der Waals surface area (Å²) >= 11 is 0. The largest absolute Gasteiger partial charge is 0.488 e. The van der Waals surface area contributed by atoms with Crippen molar-refractivity contribution in [3.63, 3.8) is 0 Å². The standard InChI is InChI=1S/C14H22N2O/c1-11(7-8-15)16(2)10-13-9-12-5-3-4-6-14(12)17-13/h3-6,11,13H,7-10,15H2,1-2H3. The van der Waals surface area contributed by atoms with Crippen LogP contribution in [0.2, 0.25) is 0 Å². The number of para-hydroxylation sites is 1. The van der Waals surface area contributed by atoms with Crippen LogP contribution in [0.3, 0.4) is 0 Å². The molecule has 2 N–H and O–H groups in total. The molecule has 0 aromatic heterocycles. The van der Waals surface area contributed by atoms with Crippen molar-refractivity contribution in [2.45, 2.75) is 31.9 Å². The van der Waals surface area contributed by atoms with Gasteiger partial charge in [-0.2, -0.15) is 0 Å². The molecule has 0 saturated heterocycles. The molecule has 0 aliphatic carbocycles. The van der Waals surface area contributed by atoms with E-state index >= 15 is 0 Å². The molecule has 0 spiro atoms. The van der Waals surface area contributed by atoms with Gasteiger partial charge in [-0.25, -0.2) is 0 Å². The highest BCUT2D eigenvalue weighted by atomic mass is 16.5. The smallest absolute Gasteiger partial charge is 0.123 e. The van der Waals surface area contributed by atoms with Crippen molar-refractivity contribution in [1.82, 2.24) is 4.90 Å². The van der Waals surface area contributed by atoms with E-state index in [4.69, 9.17) is 10.5 Å². The van der Waals surface area contributed by atoms with Crippen LogP contribution >= 0.6 is 0 Å². The fraction of sp³-hybridized carbons (Fsp3) is 0.571. The molecule has 0 radical (unpaired) electrons. The molecule has 1 aromatic carbocycles. The third-order valence-electron chi connectivity index (χ3n) is 3.54. The summed E-state index contributed by atoms with van der Waals surface area (Å²) in [6.45, 7) is 3.93. The Kier molecular flexibility index (Phi) is 4.02. The molecule has 1 aliphatic rings. The first-order valence-electron chi connectivity index (χ1n) is 6.35. The number of hydrogen-bond donors (Lipinski definition) is 1. The summed E-state index contributed by atoms with van der Waals surface area (Å²) in [7, 11) is 2.15. The monoisotopic (exact) mass is 234 g/mol. The lowest BCUT2D eigenvalue weighted by Crippen LogP contribution is -2.38. The highest BCUT2D eigenvalue weighted by Crippen LogP contribution is 2.28. The minimum Gasteiger partial charge on any atom is -0.488 e. The van der Waals surface area contributed by atoms with Gasteiger partial charge in [-0.05, 0) is 38.6 Å². The van der Waals surface area contributed by atoms with Crippen LogP contribution in [0.15, 0.2) is 24.3 Å². The van der Waals surface area contributed by atoms with Crippen LogP contribution in [-0.2, 0) is 6.42 Å². The Hall–Kier alpha value is -1.06. The Bertz CT molecular complexity index is 342. The third kappa shape index (κ3) is 2.99. The zero-order chi connectivity index (χ0) is 12.3. The van der Waals surface area contributed by atoms with Crippen molar-refractivity contribution >= 4 is 0 Å². The Morgan fingerprint density at radius 1 is 1.47 bits per heavy atom. The van der Waals surface area contributed by atoms with Crippen LogP contribution in [0.25, 0.3) is 0 Å². The van der Waals surface area contributed by atoms with E-state index in [2.05, 4.69) is 37.1 Å². The molecule has 2 unspecified atom stereocenters. The lowest BCUT2D eigenvalue weighted by atomic mass is 10.1. The van der Waals surface area contributed by atoms with Gasteiger partial charge in [0.05, 0.1) is 0 Å². The highest BCUT2D eigenvalue weighted by molar-refractivity contribution is 5.37. The van der Waals surface area contributed by atoms with E-state index in [1.807, 2.05) is 6.07 Å². The molecule has 3 nitrogen and oxygen atoms in total. The van der Waals surface area contributed by atoms with Gasteiger partial charge in [-0.3, -0.25) is 4.90 Å². The second-order valence-electron chi connectivity index (χ2n) is 4.92. The maximum Gasteiger partial charge on any atom is 0.123 e. The van der Waals surface area contributed by atoms with E-state index < -0.39 is 0 Å². The van der Waals surface area contributed by atoms with E-state index in [0.717, 1.165) is 31.7 Å². The molecule has 3 heteroatoms. The minimum atomic E-state index is 0.289. The molecule has 0 amide bonds. The molecule has 2 rings (SSSR count). The second-order valence-corrected chi connectivity index (χ2v) is 4.92. The van der Waals surface area contributed by atoms with E-state index in [-0.39, 0.29) is 6.10 Å². The van der Waals surface area contributed by atoms with Crippen LogP contribution in [0.1, 0.15) is 18.9 Å². The van der Waals surface area contributed by atoms with Crippen LogP contribution in [0.4, 0.5) is 0 Å². The van der Waals surface area contributed by atoms with E-state index in [0.29, 0.717) is 6.04 Å². The van der Waals surface area contributed by atoms with Crippen LogP contribution in [-0.4, -0.2) is 37.2 Å². The van der Waals surface area contributed by atoms with Gasteiger partial charge in [0, 0.05) is 19.0 Å². The zero-order valence-corrected chi connectivity index (χ0v) is 10.7. The van der Waals surface area contributed by atoms with Crippen LogP contribution in [0, 0.1) is 0 Å². The van der Waals surface area contributed by atoms with Gasteiger partial charge in [0.15, 0.2) is 0 Å². The Morgan fingerprint density at radius 2 is 2.24 bits per heavy atom. The van der Waals surface area contributed by atoms with E-state index in [1.54, 1.807) is 0 Å². The van der Waals surface area contributed by atoms with Crippen molar-refractivity contribution in [2.75, 3.05) is 20.1 Å². The fourth-order valence-corrected chi connectivity index (χ4v) is 2.32. The molecule has 1 heterocycles. The third-order valence-corrected chi connectivity index (χ3v) is 3.54. The maximum atomic E-state index is 5.93. The number of nitrogens with zero attached hydrogens (tertiary/aromatic N) is 1. The molecule has 0 saturated carbocycles. The number of ether oxygens (including phenoxy) is 1. The summed E-state index contributed by atoms with van der Waals surface area (Å²) in [6, 6.07) is 8.83. The Morgan fingerprint density at radius 3 is 2.94 bits per heavy atom. The molecular formula is C14H22N2O. The van der Waals surface area contributed by atoms with Gasteiger partial charge in [0.1, 0.15) is 11.9 Å². The number of hydrogen-bond acceptors (Lipinski definition) is 3. The number of benzene rings is 1. The first-order valence-corrected chi connectivity index (χ1v) is 6.35. The lowest BCUT2D eigenvalue weighted by Gasteiger charge is -2.26. The first kappa shape index (κ1) is 12.4. The van der Waals surface area contributed by atoms with Crippen molar-refractivity contribution in [1.29, 1.82) is 0 Å². The molecule has 17 heavy (non-hydrogen) atoms. The quantitative estimate of drug-likeness (QED) is 0.842. The molecule has 0 fully saturated rings. The maximum absolute atomic E-state index is 5.93. The number of likely N-dealkylation sites (N-methyl/N-ethyl adjacent to an activating group) is 1. The van der Waals surface area contributed by atoms with Crippen LogP contribution < -0.4 is 10.5 Å². The van der Waals surface area contributed by atoms with Gasteiger partial charge < -0.3 is 10.5 Å². The van der Waals surface area contributed by atoms with E-state index in [9.17, 15) is 0 Å². The molecule has 0 bridgehead atoms. The molecule has 1 aromatic rings. The Labute approximate surface area is 104 Å². The molecule has 1 aliphatic heterocycles. The van der Waals surface area contributed by atoms with Crippen molar-refractivity contribution in [2.24, 2.45) is 5.73 Å². The van der Waals surface area contributed by atoms with Gasteiger partial charge in [-0.15, -0.1) is 0 Å². The van der Waals surface area contributed by atoms with Crippen molar-refractivity contribution in [3.05, 3.63) is 29.8 Å². The second kappa shape index (κ2) is 5.52. The predicted octanol–water partition coefficient (Wildman–Crippen LogP) is 1.66. The first-order chi connectivity index (χ1) is 8.20. The lowest BCUT2D eigenvalue weighted by molar-refractivity contribution is 0.141. The number of nitrogens with two attached hydrogens (primary N) is 1. The minimum absolute atomic E-state index is 0.289. The van der Waals surface area contributed by atoms with Crippen LogP contribution in [0.5, 0.6) is 5.75 Å². The SMILES string of the molecule is CC(CCN)N(C)CC1Cc2ccccc2O1. The van der Waals surface area contributed by atoms with Crippen molar-refractivity contribution < 1.29 is 4.74 Å². The van der Waals surface area contributed by atoms with Gasteiger partial charge in [0.25, 0.3) is 0 Å². The Balaban J connectivity index is 1.87. The highest BCUT2D eigenvalue weighted by Gasteiger charge is 2.24. The number of rotatable bonds is 5. The summed E-state index contributed by atoms with van der Waals surface area (Å²) in [5.41, 5.74) is 6.92. The number of fused-ring (bicyclic) bond motifs is 1. The predicted molar refractivity (Wildman–Crippen MR) is 70.3 cm³/mol. The average molecular weight is 234 g/mol. The fourth-order valence-electron chi connectivity index (χ4n) is 2.32. The topological polar surface area (TPSA) is 38.5 Å². The average Bonchev–Trinajstić information content (AvgIpc) is 2.71. The van der Waals surface area contributed by atoms with Crippen molar-refractivity contribution in [3.8, 4) is 5.75 Å². The normalized spacial score (nSPS) is 20.1. The summed E-state index contributed by atoms with van der Waals surface area (Å²) in [5, 5.41) is 0. The zero-order valence-electron chi connectivity index (χ0n) is 10.7. The summed E-state index contributed by atoms with van der Waals surface area (Å²) in [4.78, 5) is 2.34. The van der Waals surface area contributed by atoms with Gasteiger partial charge >= 0.3 is 0 Å². The van der Waals surface area contributed by atoms with Gasteiger partial charge in [-0.1, -0.05) is 18.2 Å². The van der Waals surface area contributed by atoms with Gasteiger partial charge in [0.2, 0.25) is 0 Å². The van der Waals surface area contributed by atoms with E-state index in [1.165, 1.54) is 5.56 Å². The molecule has 2 atom stereocenters. The molecule has 94 valence electrons.